The molecule has 2 rings (SSSR count). The molecule has 0 radical (unpaired) electrons. The summed E-state index contributed by atoms with van der Waals surface area (Å²) in [6.07, 6.45) is -6.42. The molecule has 1 amide bonds. The number of anilines is 1. The quantitative estimate of drug-likeness (QED) is 0.747. The summed E-state index contributed by atoms with van der Waals surface area (Å²) in [5.74, 6) is -2.38. The number of carboxylic acids is 1. The molecule has 0 saturated heterocycles. The van der Waals surface area contributed by atoms with Crippen molar-refractivity contribution in [2.24, 2.45) is 0 Å². The fourth-order valence-corrected chi connectivity index (χ4v) is 2.92. The Hall–Kier alpha value is -2.46. The Morgan fingerprint density at radius 2 is 2.00 bits per heavy atom. The van der Waals surface area contributed by atoms with Gasteiger partial charge in [0, 0.05) is 16.8 Å². The summed E-state index contributed by atoms with van der Waals surface area (Å²) in [7, 11) is 0. The lowest BCUT2D eigenvalue weighted by Gasteiger charge is -2.27. The summed E-state index contributed by atoms with van der Waals surface area (Å²) in [5, 5.41) is 21.8. The van der Waals surface area contributed by atoms with E-state index in [9.17, 15) is 27.9 Å². The summed E-state index contributed by atoms with van der Waals surface area (Å²) in [5.41, 5.74) is -3.28. The van der Waals surface area contributed by atoms with Gasteiger partial charge in [-0.15, -0.1) is 11.3 Å². The van der Waals surface area contributed by atoms with Gasteiger partial charge in [0.05, 0.1) is 12.0 Å². The lowest BCUT2D eigenvalue weighted by molar-refractivity contribution is -0.266. The molecule has 0 fully saturated rings. The molecule has 3 N–H and O–H groups in total. The first kappa shape index (κ1) is 18.9. The first-order valence-corrected chi connectivity index (χ1v) is 7.76. The monoisotopic (exact) mass is 374 g/mol. The first-order valence-electron chi connectivity index (χ1n) is 6.88. The van der Waals surface area contributed by atoms with Crippen LogP contribution < -0.4 is 5.32 Å². The van der Waals surface area contributed by atoms with Crippen molar-refractivity contribution in [3.05, 3.63) is 45.9 Å². The molecule has 1 aromatic carbocycles. The number of aromatic carboxylic acids is 1. The highest BCUT2D eigenvalue weighted by Crippen LogP contribution is 2.42. The molecular formula is C15H13F3N2O4S. The average Bonchev–Trinajstić information content (AvgIpc) is 2.93. The van der Waals surface area contributed by atoms with Crippen molar-refractivity contribution in [2.75, 3.05) is 5.32 Å². The highest BCUT2D eigenvalue weighted by molar-refractivity contribution is 7.09. The number of carbonyl (C=O) groups is 2. The van der Waals surface area contributed by atoms with Crippen molar-refractivity contribution < 1.29 is 33.0 Å². The Kier molecular flexibility index (Phi) is 5.14. The number of carbonyl (C=O) groups excluding carboxylic acids is 1. The van der Waals surface area contributed by atoms with Crippen LogP contribution in [-0.2, 0) is 10.4 Å². The lowest BCUT2D eigenvalue weighted by atomic mass is 9.99. The van der Waals surface area contributed by atoms with E-state index in [0.29, 0.717) is 11.3 Å². The predicted octanol–water partition coefficient (Wildman–Crippen LogP) is 2.93. The van der Waals surface area contributed by atoms with E-state index in [2.05, 4.69) is 10.3 Å². The Morgan fingerprint density at radius 1 is 1.32 bits per heavy atom. The van der Waals surface area contributed by atoms with E-state index in [4.69, 9.17) is 5.11 Å². The molecule has 0 spiro atoms. The van der Waals surface area contributed by atoms with Crippen LogP contribution in [0.15, 0.2) is 29.6 Å². The van der Waals surface area contributed by atoms with E-state index in [1.165, 1.54) is 30.5 Å². The summed E-state index contributed by atoms with van der Waals surface area (Å²) in [6, 6.07) is 5.02. The van der Waals surface area contributed by atoms with Crippen LogP contribution in [0.1, 0.15) is 27.5 Å². The third-order valence-electron chi connectivity index (χ3n) is 3.25. The predicted molar refractivity (Wildman–Crippen MR) is 83.5 cm³/mol. The number of halogens is 3. The van der Waals surface area contributed by atoms with Gasteiger partial charge in [0.25, 0.3) is 0 Å². The van der Waals surface area contributed by atoms with Gasteiger partial charge in [-0.3, -0.25) is 4.79 Å². The topological polar surface area (TPSA) is 99.5 Å². The van der Waals surface area contributed by atoms with E-state index in [0.717, 1.165) is 6.07 Å². The smallest absolute Gasteiger partial charge is 0.424 e. The van der Waals surface area contributed by atoms with Gasteiger partial charge in [-0.2, -0.15) is 13.2 Å². The number of thiazole rings is 1. The third kappa shape index (κ3) is 4.15. The number of aryl methyl sites for hydroxylation is 1. The van der Waals surface area contributed by atoms with Crippen molar-refractivity contribution in [3.63, 3.8) is 0 Å². The van der Waals surface area contributed by atoms with E-state index >= 15 is 0 Å². The standard InChI is InChI=1S/C15H13F3N2O4S/c1-8-7-25-13(19-8)14(24,15(16,17)18)6-11(21)20-10-4-2-3-9(5-10)12(22)23/h2-5,7,24H,6H2,1H3,(H,20,21)(H,22,23). The van der Waals surface area contributed by atoms with Gasteiger partial charge in [0.15, 0.2) is 0 Å². The van der Waals surface area contributed by atoms with Gasteiger partial charge in [-0.25, -0.2) is 9.78 Å². The highest BCUT2D eigenvalue weighted by atomic mass is 32.1. The number of aromatic nitrogens is 1. The van der Waals surface area contributed by atoms with Crippen LogP contribution in [0.3, 0.4) is 0 Å². The lowest BCUT2D eigenvalue weighted by Crippen LogP contribution is -2.45. The number of nitrogens with zero attached hydrogens (tertiary/aromatic N) is 1. The molecule has 0 bridgehead atoms. The van der Waals surface area contributed by atoms with E-state index in [1.807, 2.05) is 0 Å². The minimum absolute atomic E-state index is 0.00439. The molecule has 2 aromatic rings. The number of benzene rings is 1. The Labute approximate surface area is 143 Å². The van der Waals surface area contributed by atoms with Crippen LogP contribution >= 0.6 is 11.3 Å². The fraction of sp³-hybridized carbons (Fsp3) is 0.267. The summed E-state index contributed by atoms with van der Waals surface area (Å²) in [6.45, 7) is 1.47. The van der Waals surface area contributed by atoms with Crippen LogP contribution in [0.4, 0.5) is 18.9 Å². The Morgan fingerprint density at radius 3 is 2.52 bits per heavy atom. The minimum atomic E-state index is -5.11. The molecular weight excluding hydrogens is 361 g/mol. The molecule has 0 aliphatic rings. The Bertz CT molecular complexity index is 806. The van der Waals surface area contributed by atoms with Gasteiger partial charge in [0.2, 0.25) is 11.5 Å². The maximum absolute atomic E-state index is 13.3. The van der Waals surface area contributed by atoms with Crippen LogP contribution in [0, 0.1) is 6.92 Å². The van der Waals surface area contributed by atoms with Gasteiger partial charge in [0.1, 0.15) is 5.01 Å². The SMILES string of the molecule is Cc1csc(C(O)(CC(=O)Nc2cccc(C(=O)O)c2)C(F)(F)F)n1. The fourth-order valence-electron chi connectivity index (χ4n) is 2.01. The van der Waals surface area contributed by atoms with E-state index in [-0.39, 0.29) is 16.9 Å². The number of rotatable bonds is 5. The molecule has 25 heavy (non-hydrogen) atoms. The second-order valence-corrected chi connectivity index (χ2v) is 6.12. The number of amides is 1. The maximum Gasteiger partial charge on any atom is 0.424 e. The van der Waals surface area contributed by atoms with Gasteiger partial charge in [-0.1, -0.05) is 6.07 Å². The Balaban J connectivity index is 2.23. The minimum Gasteiger partial charge on any atom is -0.478 e. The highest BCUT2D eigenvalue weighted by Gasteiger charge is 2.58. The normalized spacial score (nSPS) is 14.0. The van der Waals surface area contributed by atoms with Crippen molar-refractivity contribution in [2.45, 2.75) is 25.1 Å². The van der Waals surface area contributed by atoms with Crippen LogP contribution in [-0.4, -0.2) is 33.2 Å². The second kappa shape index (κ2) is 6.81. The summed E-state index contributed by atoms with van der Waals surface area (Å²) >= 11 is 0.599. The van der Waals surface area contributed by atoms with Gasteiger partial charge >= 0.3 is 12.1 Å². The zero-order valence-corrected chi connectivity index (χ0v) is 13.6. The molecule has 134 valence electrons. The summed E-state index contributed by atoms with van der Waals surface area (Å²) < 4.78 is 40.0. The number of nitrogens with one attached hydrogen (secondary N) is 1. The number of hydrogen-bond acceptors (Lipinski definition) is 5. The molecule has 1 aromatic heterocycles. The van der Waals surface area contributed by atoms with Crippen LogP contribution in [0.2, 0.25) is 0 Å². The van der Waals surface area contributed by atoms with Crippen molar-refractivity contribution in [1.82, 2.24) is 4.98 Å². The van der Waals surface area contributed by atoms with E-state index in [1.54, 1.807) is 0 Å². The maximum atomic E-state index is 13.3. The molecule has 1 unspecified atom stereocenters. The summed E-state index contributed by atoms with van der Waals surface area (Å²) in [4.78, 5) is 26.5. The molecule has 0 aliphatic heterocycles. The van der Waals surface area contributed by atoms with Gasteiger partial charge < -0.3 is 15.5 Å². The number of alkyl halides is 3. The first-order chi connectivity index (χ1) is 11.5. The van der Waals surface area contributed by atoms with Crippen molar-refractivity contribution in [1.29, 1.82) is 0 Å². The molecule has 0 saturated carbocycles. The molecule has 10 heteroatoms. The van der Waals surface area contributed by atoms with Gasteiger partial charge in [-0.05, 0) is 25.1 Å². The van der Waals surface area contributed by atoms with Crippen molar-refractivity contribution in [3.8, 4) is 0 Å². The number of aliphatic hydroxyl groups is 1. The number of hydrogen-bond donors (Lipinski definition) is 3. The van der Waals surface area contributed by atoms with Crippen molar-refractivity contribution >= 4 is 28.9 Å². The third-order valence-corrected chi connectivity index (χ3v) is 4.36. The zero-order valence-electron chi connectivity index (χ0n) is 12.8. The second-order valence-electron chi connectivity index (χ2n) is 5.26. The number of carboxylic acid groups (broad SMARTS) is 1. The zero-order chi connectivity index (χ0) is 18.8. The largest absolute Gasteiger partial charge is 0.478 e. The molecule has 6 nitrogen and oxygen atoms in total. The van der Waals surface area contributed by atoms with E-state index < -0.39 is 35.1 Å². The van der Waals surface area contributed by atoms with Crippen LogP contribution in [0.25, 0.3) is 0 Å². The molecule has 1 heterocycles. The average molecular weight is 374 g/mol. The van der Waals surface area contributed by atoms with Crippen LogP contribution in [0.5, 0.6) is 0 Å². The molecule has 0 aliphatic carbocycles. The molecule has 1 atom stereocenters.